The van der Waals surface area contributed by atoms with Gasteiger partial charge < -0.3 is 18.9 Å². The van der Waals surface area contributed by atoms with Crippen LogP contribution < -0.4 is 14.2 Å². The van der Waals surface area contributed by atoms with Crippen LogP contribution in [0.4, 0.5) is 0 Å². The number of rotatable bonds is 4. The molecular weight excluding hydrogens is 404 g/mol. The number of benzene rings is 2. The first-order valence-electron chi connectivity index (χ1n) is 7.81. The molecule has 2 aromatic rings. The van der Waals surface area contributed by atoms with Crippen molar-refractivity contribution in [3.05, 3.63) is 52.0 Å². The van der Waals surface area contributed by atoms with Gasteiger partial charge in [-0.25, -0.2) is 0 Å². The van der Waals surface area contributed by atoms with Crippen LogP contribution in [0.15, 0.2) is 40.9 Å². The Labute approximate surface area is 159 Å². The van der Waals surface area contributed by atoms with Crippen LogP contribution in [0.1, 0.15) is 17.0 Å². The zero-order valence-electron chi connectivity index (χ0n) is 14.4. The summed E-state index contributed by atoms with van der Waals surface area (Å²) in [6, 6.07) is 10.7. The average Bonchev–Trinajstić information content (AvgIpc) is 2.66. The van der Waals surface area contributed by atoms with Gasteiger partial charge in [-0.3, -0.25) is 9.59 Å². The third-order valence-electron chi connectivity index (χ3n) is 4.33. The van der Waals surface area contributed by atoms with Gasteiger partial charge in [-0.1, -0.05) is 28.1 Å². The maximum atomic E-state index is 12.6. The minimum absolute atomic E-state index is 0.305. The van der Waals surface area contributed by atoms with Gasteiger partial charge in [0.2, 0.25) is 0 Å². The normalized spacial score (nSPS) is 18.5. The Bertz CT molecular complexity index is 846. The van der Waals surface area contributed by atoms with Gasteiger partial charge in [0.15, 0.2) is 5.92 Å². The fourth-order valence-electron chi connectivity index (χ4n) is 3.12. The molecule has 2 atom stereocenters. The third-order valence-corrected chi connectivity index (χ3v) is 4.85. The average molecular weight is 421 g/mol. The molecule has 7 heteroatoms. The van der Waals surface area contributed by atoms with E-state index in [9.17, 15) is 9.59 Å². The topological polar surface area (TPSA) is 71.1 Å². The molecule has 136 valence electrons. The summed E-state index contributed by atoms with van der Waals surface area (Å²) in [6.45, 7) is 0. The van der Waals surface area contributed by atoms with Crippen molar-refractivity contribution < 1.29 is 28.5 Å². The Balaban J connectivity index is 2.26. The van der Waals surface area contributed by atoms with E-state index in [1.807, 2.05) is 24.3 Å². The van der Waals surface area contributed by atoms with Crippen molar-refractivity contribution in [1.82, 2.24) is 0 Å². The number of methoxy groups -OCH3 is 3. The van der Waals surface area contributed by atoms with Crippen LogP contribution in [-0.2, 0) is 14.3 Å². The maximum absolute atomic E-state index is 12.6. The first-order valence-corrected chi connectivity index (χ1v) is 8.60. The molecule has 0 bridgehead atoms. The number of fused-ring (bicyclic) bond motifs is 1. The van der Waals surface area contributed by atoms with Crippen molar-refractivity contribution in [2.45, 2.75) is 5.92 Å². The standard InChI is InChI=1S/C19H17BrO6/c1-23-12-8-13(24-2)16-14(9-12)26-19(22)17(18(21)25-3)15(16)10-4-6-11(20)7-5-10/h4-9,15,17H,1-3H3/t15-,17-/m1/s1. The number of carbonyl (C=O) groups excluding carboxylic acids is 2. The number of hydrogen-bond donors (Lipinski definition) is 0. The van der Waals surface area contributed by atoms with Crippen LogP contribution in [0.25, 0.3) is 0 Å². The molecule has 1 aliphatic heterocycles. The van der Waals surface area contributed by atoms with Crippen molar-refractivity contribution in [3.8, 4) is 17.2 Å². The lowest BCUT2D eigenvalue weighted by molar-refractivity contribution is -0.157. The van der Waals surface area contributed by atoms with Crippen LogP contribution >= 0.6 is 15.9 Å². The van der Waals surface area contributed by atoms with Crippen LogP contribution in [0.5, 0.6) is 17.2 Å². The lowest BCUT2D eigenvalue weighted by Crippen LogP contribution is -2.38. The number of carbonyl (C=O) groups is 2. The quantitative estimate of drug-likeness (QED) is 0.429. The zero-order chi connectivity index (χ0) is 18.8. The lowest BCUT2D eigenvalue weighted by Gasteiger charge is -2.32. The highest BCUT2D eigenvalue weighted by molar-refractivity contribution is 9.10. The SMILES string of the molecule is COC(=O)[C@@H]1C(=O)Oc2cc(OC)cc(OC)c2[C@H]1c1ccc(Br)cc1. The monoisotopic (exact) mass is 420 g/mol. The largest absolute Gasteiger partial charge is 0.496 e. The van der Waals surface area contributed by atoms with E-state index in [1.165, 1.54) is 21.3 Å². The van der Waals surface area contributed by atoms with E-state index in [0.29, 0.717) is 22.8 Å². The minimum atomic E-state index is -1.13. The van der Waals surface area contributed by atoms with Crippen molar-refractivity contribution in [1.29, 1.82) is 0 Å². The van der Waals surface area contributed by atoms with E-state index >= 15 is 0 Å². The number of ether oxygens (including phenoxy) is 4. The first kappa shape index (κ1) is 18.3. The van der Waals surface area contributed by atoms with Crippen molar-refractivity contribution in [2.24, 2.45) is 5.92 Å². The highest BCUT2D eigenvalue weighted by atomic mass is 79.9. The van der Waals surface area contributed by atoms with Gasteiger partial charge in [0.05, 0.1) is 21.3 Å². The van der Waals surface area contributed by atoms with Crippen molar-refractivity contribution in [3.63, 3.8) is 0 Å². The van der Waals surface area contributed by atoms with E-state index in [2.05, 4.69) is 15.9 Å². The number of halogens is 1. The molecular formula is C19H17BrO6. The Morgan fingerprint density at radius 3 is 2.35 bits per heavy atom. The molecule has 0 amide bonds. The molecule has 6 nitrogen and oxygen atoms in total. The summed E-state index contributed by atoms with van der Waals surface area (Å²) >= 11 is 3.39. The van der Waals surface area contributed by atoms with Gasteiger partial charge in [0, 0.05) is 28.1 Å². The predicted molar refractivity (Wildman–Crippen MR) is 96.7 cm³/mol. The van der Waals surface area contributed by atoms with E-state index in [4.69, 9.17) is 18.9 Å². The second kappa shape index (κ2) is 7.37. The van der Waals surface area contributed by atoms with E-state index in [0.717, 1.165) is 10.0 Å². The lowest BCUT2D eigenvalue weighted by atomic mass is 9.78. The van der Waals surface area contributed by atoms with Crippen LogP contribution in [0.3, 0.4) is 0 Å². The summed E-state index contributed by atoms with van der Waals surface area (Å²) in [5.74, 6) is -1.81. The van der Waals surface area contributed by atoms with Crippen LogP contribution in [0, 0.1) is 5.92 Å². The Kier molecular flexibility index (Phi) is 5.18. The number of esters is 2. The molecule has 2 aromatic carbocycles. The van der Waals surface area contributed by atoms with Gasteiger partial charge in [-0.15, -0.1) is 0 Å². The molecule has 3 rings (SSSR count). The first-order chi connectivity index (χ1) is 12.5. The Morgan fingerprint density at radius 1 is 1.08 bits per heavy atom. The molecule has 26 heavy (non-hydrogen) atoms. The smallest absolute Gasteiger partial charge is 0.326 e. The fourth-order valence-corrected chi connectivity index (χ4v) is 3.38. The predicted octanol–water partition coefficient (Wildman–Crippen LogP) is 3.31. The highest BCUT2D eigenvalue weighted by Crippen LogP contribution is 2.49. The molecule has 1 aliphatic rings. The van der Waals surface area contributed by atoms with Gasteiger partial charge in [0.25, 0.3) is 0 Å². The van der Waals surface area contributed by atoms with Gasteiger partial charge in [-0.2, -0.15) is 0 Å². The summed E-state index contributed by atoms with van der Waals surface area (Å²) in [5, 5.41) is 0. The van der Waals surface area contributed by atoms with Gasteiger partial charge >= 0.3 is 11.9 Å². The summed E-state index contributed by atoms with van der Waals surface area (Å²) in [4.78, 5) is 25.0. The fraction of sp³-hybridized carbons (Fsp3) is 0.263. The van der Waals surface area contributed by atoms with E-state index in [-0.39, 0.29) is 0 Å². The third kappa shape index (κ3) is 3.14. The molecule has 0 fully saturated rings. The number of hydrogen-bond acceptors (Lipinski definition) is 6. The zero-order valence-corrected chi connectivity index (χ0v) is 16.0. The molecule has 0 aromatic heterocycles. The second-order valence-corrected chi connectivity index (χ2v) is 6.61. The Hall–Kier alpha value is -2.54. The summed E-state index contributed by atoms with van der Waals surface area (Å²) in [6.07, 6.45) is 0. The molecule has 0 N–H and O–H groups in total. The maximum Gasteiger partial charge on any atom is 0.326 e. The molecule has 0 spiro atoms. The molecule has 0 saturated heterocycles. The molecule has 0 aliphatic carbocycles. The van der Waals surface area contributed by atoms with Crippen molar-refractivity contribution in [2.75, 3.05) is 21.3 Å². The summed E-state index contributed by atoms with van der Waals surface area (Å²) in [5.41, 5.74) is 1.37. The van der Waals surface area contributed by atoms with Crippen molar-refractivity contribution >= 4 is 27.9 Å². The second-order valence-electron chi connectivity index (χ2n) is 5.69. The summed E-state index contributed by atoms with van der Waals surface area (Å²) < 4.78 is 21.9. The van der Waals surface area contributed by atoms with Crippen LogP contribution in [-0.4, -0.2) is 33.3 Å². The molecule has 1 heterocycles. The molecule has 0 saturated carbocycles. The highest BCUT2D eigenvalue weighted by Gasteiger charge is 2.46. The van der Waals surface area contributed by atoms with E-state index in [1.54, 1.807) is 12.1 Å². The van der Waals surface area contributed by atoms with Crippen LogP contribution in [0.2, 0.25) is 0 Å². The molecule has 0 unspecified atom stereocenters. The molecule has 0 radical (unpaired) electrons. The summed E-state index contributed by atoms with van der Waals surface area (Å²) in [7, 11) is 4.27. The van der Waals surface area contributed by atoms with E-state index < -0.39 is 23.8 Å². The van der Waals surface area contributed by atoms with Gasteiger partial charge in [0.1, 0.15) is 17.2 Å². The van der Waals surface area contributed by atoms with Gasteiger partial charge in [-0.05, 0) is 17.7 Å². The minimum Gasteiger partial charge on any atom is -0.496 e. The Morgan fingerprint density at radius 2 is 1.77 bits per heavy atom.